The van der Waals surface area contributed by atoms with Crippen LogP contribution in [0.25, 0.3) is 0 Å². The molecule has 8 heteroatoms. The van der Waals surface area contributed by atoms with Gasteiger partial charge in [-0.3, -0.25) is 4.79 Å². The van der Waals surface area contributed by atoms with Crippen LogP contribution in [-0.4, -0.2) is 22.7 Å². The molecule has 0 radical (unpaired) electrons. The smallest absolute Gasteiger partial charge is 0.263 e. The second kappa shape index (κ2) is 8.26. The third kappa shape index (κ3) is 5.15. The number of amides is 1. The van der Waals surface area contributed by atoms with E-state index in [-0.39, 0.29) is 24.1 Å². The number of hydrogen-bond donors (Lipinski definition) is 2. The Morgan fingerprint density at radius 1 is 1.04 bits per heavy atom. The maximum atomic E-state index is 13.2. The van der Waals surface area contributed by atoms with E-state index < -0.39 is 0 Å². The summed E-state index contributed by atoms with van der Waals surface area (Å²) in [7, 11) is 0. The average Bonchev–Trinajstić information content (AvgIpc) is 2.63. The lowest BCUT2D eigenvalue weighted by molar-refractivity contribution is -0.118. The number of hydrogen-bond acceptors (Lipinski definition) is 5. The Balaban J connectivity index is 1.51. The van der Waals surface area contributed by atoms with Crippen LogP contribution in [0.3, 0.4) is 0 Å². The van der Waals surface area contributed by atoms with Crippen molar-refractivity contribution in [1.29, 1.82) is 0 Å². The fourth-order valence-corrected chi connectivity index (χ4v) is 2.16. The third-order valence-corrected chi connectivity index (χ3v) is 3.46. The number of benzene rings is 2. The molecule has 2 N–H and O–H groups in total. The van der Waals surface area contributed by atoms with Crippen molar-refractivity contribution in [3.8, 4) is 5.75 Å². The van der Waals surface area contributed by atoms with Crippen molar-refractivity contribution in [1.82, 2.24) is 10.2 Å². The molecule has 3 rings (SSSR count). The predicted molar refractivity (Wildman–Crippen MR) is 97.3 cm³/mol. The number of aromatic nitrogens is 2. The highest BCUT2D eigenvalue weighted by atomic mass is 35.5. The van der Waals surface area contributed by atoms with Gasteiger partial charge in [-0.25, -0.2) is 4.39 Å². The molecule has 6 nitrogen and oxygen atoms in total. The van der Waals surface area contributed by atoms with Crippen LogP contribution in [0, 0.1) is 5.82 Å². The average molecular weight is 373 g/mol. The van der Waals surface area contributed by atoms with Gasteiger partial charge in [0, 0.05) is 10.7 Å². The summed E-state index contributed by atoms with van der Waals surface area (Å²) in [6.07, 6.45) is 0. The van der Waals surface area contributed by atoms with Crippen LogP contribution in [0.15, 0.2) is 60.7 Å². The lowest BCUT2D eigenvalue weighted by Crippen LogP contribution is -2.21. The lowest BCUT2D eigenvalue weighted by Gasteiger charge is -2.08. The summed E-state index contributed by atoms with van der Waals surface area (Å²) >= 11 is 5.78. The van der Waals surface area contributed by atoms with Gasteiger partial charge in [-0.15, -0.1) is 10.2 Å². The van der Waals surface area contributed by atoms with Crippen LogP contribution in [0.2, 0.25) is 5.02 Å². The van der Waals surface area contributed by atoms with Gasteiger partial charge in [-0.1, -0.05) is 17.7 Å². The van der Waals surface area contributed by atoms with E-state index in [0.717, 1.165) is 0 Å². The molecule has 1 amide bonds. The summed E-state index contributed by atoms with van der Waals surface area (Å²) in [6, 6.07) is 15.9. The van der Waals surface area contributed by atoms with Gasteiger partial charge in [-0.05, 0) is 54.6 Å². The van der Waals surface area contributed by atoms with E-state index in [1.54, 1.807) is 48.5 Å². The highest BCUT2D eigenvalue weighted by Crippen LogP contribution is 2.17. The molecule has 0 aliphatic rings. The van der Waals surface area contributed by atoms with Crippen LogP contribution in [-0.2, 0) is 4.79 Å². The van der Waals surface area contributed by atoms with Crippen molar-refractivity contribution in [2.75, 3.05) is 17.2 Å². The van der Waals surface area contributed by atoms with Crippen molar-refractivity contribution in [3.05, 3.63) is 71.5 Å². The number of carbonyl (C=O) groups is 1. The zero-order valence-corrected chi connectivity index (χ0v) is 14.2. The van der Waals surface area contributed by atoms with Gasteiger partial charge in [0.15, 0.2) is 18.2 Å². The van der Waals surface area contributed by atoms with E-state index in [4.69, 9.17) is 16.3 Å². The molecule has 0 fully saturated rings. The van der Waals surface area contributed by atoms with Gasteiger partial charge in [0.05, 0.1) is 0 Å². The maximum Gasteiger partial charge on any atom is 0.263 e. The van der Waals surface area contributed by atoms with Gasteiger partial charge in [0.1, 0.15) is 11.6 Å². The number of nitrogens with zero attached hydrogens (tertiary/aromatic N) is 2. The molecule has 0 aliphatic carbocycles. The summed E-state index contributed by atoms with van der Waals surface area (Å²) in [5, 5.41) is 13.9. The summed E-state index contributed by atoms with van der Waals surface area (Å²) in [5.41, 5.74) is 0.549. The van der Waals surface area contributed by atoms with Crippen LogP contribution in [0.1, 0.15) is 0 Å². The van der Waals surface area contributed by atoms with Crippen molar-refractivity contribution < 1.29 is 13.9 Å². The van der Waals surface area contributed by atoms with Crippen molar-refractivity contribution in [3.63, 3.8) is 0 Å². The quantitative estimate of drug-likeness (QED) is 0.683. The van der Waals surface area contributed by atoms with E-state index in [1.165, 1.54) is 12.1 Å². The summed E-state index contributed by atoms with van der Waals surface area (Å²) in [5.74, 6) is 0.503. The Morgan fingerprint density at radius 2 is 1.77 bits per heavy atom. The maximum absolute atomic E-state index is 13.2. The Kier molecular flexibility index (Phi) is 5.60. The van der Waals surface area contributed by atoms with Crippen LogP contribution >= 0.6 is 11.6 Å². The van der Waals surface area contributed by atoms with E-state index in [1.807, 2.05) is 0 Å². The second-order valence-electron chi connectivity index (χ2n) is 5.23. The number of rotatable bonds is 6. The standard InChI is InChI=1S/C18H14ClFN4O2/c19-12-4-6-15(7-5-12)26-11-18(25)22-17-9-8-16(23-24-17)21-14-3-1-2-13(20)10-14/h1-10H,11H2,(H,21,23)(H,22,24,25). The molecule has 0 unspecified atom stereocenters. The first kappa shape index (κ1) is 17.6. The first-order chi connectivity index (χ1) is 12.6. The molecule has 3 aromatic rings. The number of anilines is 3. The van der Waals surface area contributed by atoms with Gasteiger partial charge >= 0.3 is 0 Å². The molecule has 2 aromatic carbocycles. The normalized spacial score (nSPS) is 10.2. The molecule has 0 atom stereocenters. The SMILES string of the molecule is O=C(COc1ccc(Cl)cc1)Nc1ccc(Nc2cccc(F)c2)nn1. The summed E-state index contributed by atoms with van der Waals surface area (Å²) in [6.45, 7) is -0.174. The van der Waals surface area contributed by atoms with Crippen molar-refractivity contribution in [2.45, 2.75) is 0 Å². The number of nitrogens with one attached hydrogen (secondary N) is 2. The van der Waals surface area contributed by atoms with Crippen LogP contribution in [0.4, 0.5) is 21.7 Å². The molecule has 132 valence electrons. The van der Waals surface area contributed by atoms with Gasteiger partial charge in [-0.2, -0.15) is 0 Å². The molecule has 0 saturated heterocycles. The minimum Gasteiger partial charge on any atom is -0.484 e. The van der Waals surface area contributed by atoms with Gasteiger partial charge in [0.25, 0.3) is 5.91 Å². The summed E-state index contributed by atoms with van der Waals surface area (Å²) < 4.78 is 18.5. The predicted octanol–water partition coefficient (Wildman–Crippen LogP) is 4.03. The molecular weight excluding hydrogens is 359 g/mol. The molecule has 0 spiro atoms. The zero-order valence-electron chi connectivity index (χ0n) is 13.4. The lowest BCUT2D eigenvalue weighted by atomic mass is 10.3. The van der Waals surface area contributed by atoms with Crippen molar-refractivity contribution in [2.24, 2.45) is 0 Å². The minimum atomic E-state index is -0.375. The molecule has 26 heavy (non-hydrogen) atoms. The minimum absolute atomic E-state index is 0.174. The largest absolute Gasteiger partial charge is 0.484 e. The number of halogens is 2. The highest BCUT2D eigenvalue weighted by molar-refractivity contribution is 6.30. The Labute approximate surface area is 154 Å². The molecule has 0 saturated carbocycles. The van der Waals surface area contributed by atoms with Crippen LogP contribution < -0.4 is 15.4 Å². The fraction of sp³-hybridized carbons (Fsp3) is 0.0556. The molecular formula is C18H14ClFN4O2. The molecule has 0 bridgehead atoms. The Bertz CT molecular complexity index is 888. The van der Waals surface area contributed by atoms with Gasteiger partial charge < -0.3 is 15.4 Å². The van der Waals surface area contributed by atoms with E-state index in [2.05, 4.69) is 20.8 Å². The van der Waals surface area contributed by atoms with E-state index >= 15 is 0 Å². The van der Waals surface area contributed by atoms with E-state index in [0.29, 0.717) is 22.3 Å². The first-order valence-corrected chi connectivity index (χ1v) is 8.01. The van der Waals surface area contributed by atoms with E-state index in [9.17, 15) is 9.18 Å². The third-order valence-electron chi connectivity index (χ3n) is 3.21. The monoisotopic (exact) mass is 372 g/mol. The molecule has 0 aliphatic heterocycles. The topological polar surface area (TPSA) is 76.1 Å². The van der Waals surface area contributed by atoms with Crippen molar-refractivity contribution >= 4 is 34.8 Å². The summed E-state index contributed by atoms with van der Waals surface area (Å²) in [4.78, 5) is 11.9. The van der Waals surface area contributed by atoms with Gasteiger partial charge in [0.2, 0.25) is 0 Å². The fourth-order valence-electron chi connectivity index (χ4n) is 2.04. The number of carbonyl (C=O) groups excluding carboxylic acids is 1. The highest BCUT2D eigenvalue weighted by Gasteiger charge is 2.06. The molecule has 1 heterocycles. The number of ether oxygens (including phenoxy) is 1. The second-order valence-corrected chi connectivity index (χ2v) is 5.67. The molecule has 1 aromatic heterocycles. The Morgan fingerprint density at radius 3 is 2.46 bits per heavy atom. The zero-order chi connectivity index (χ0) is 18.4. The van der Waals surface area contributed by atoms with Crippen LogP contribution in [0.5, 0.6) is 5.75 Å². The Hall–Kier alpha value is -3.19. The first-order valence-electron chi connectivity index (χ1n) is 7.63.